The van der Waals surface area contributed by atoms with Crippen molar-refractivity contribution in [3.8, 4) is 0 Å². The lowest BCUT2D eigenvalue weighted by atomic mass is 9.76. The minimum absolute atomic E-state index is 0.164. The molecule has 0 saturated heterocycles. The number of hydrogen-bond donors (Lipinski definition) is 0. The van der Waals surface area contributed by atoms with Crippen molar-refractivity contribution in [1.29, 1.82) is 0 Å². The van der Waals surface area contributed by atoms with Gasteiger partial charge >= 0.3 is 5.97 Å². The van der Waals surface area contributed by atoms with Crippen LogP contribution in [0.2, 0.25) is 5.02 Å². The van der Waals surface area contributed by atoms with E-state index in [1.165, 1.54) is 23.6 Å². The predicted octanol–water partition coefficient (Wildman–Crippen LogP) is 5.48. The van der Waals surface area contributed by atoms with Crippen molar-refractivity contribution in [3.05, 3.63) is 69.7 Å². The highest BCUT2D eigenvalue weighted by atomic mass is 35.5. The lowest BCUT2D eigenvalue weighted by Crippen LogP contribution is -2.30. The van der Waals surface area contributed by atoms with E-state index in [0.717, 1.165) is 36.3 Å². The van der Waals surface area contributed by atoms with Crippen LogP contribution in [0.4, 0.5) is 0 Å². The van der Waals surface area contributed by atoms with Crippen LogP contribution in [-0.2, 0) is 31.9 Å². The van der Waals surface area contributed by atoms with E-state index in [4.69, 9.17) is 21.1 Å². The number of carbonyl (C=O) groups excluding carboxylic acids is 2. The Morgan fingerprint density at radius 3 is 2.50 bits per heavy atom. The van der Waals surface area contributed by atoms with Crippen LogP contribution in [0.5, 0.6) is 0 Å². The fraction of sp³-hybridized carbons (Fsp3) is 0.440. The van der Waals surface area contributed by atoms with Crippen molar-refractivity contribution in [1.82, 2.24) is 0 Å². The summed E-state index contributed by atoms with van der Waals surface area (Å²) in [5, 5.41) is 0.756. The number of aryl methyl sites for hydroxylation is 1. The fourth-order valence-corrected chi connectivity index (χ4v) is 4.49. The molecule has 2 aromatic carbocycles. The summed E-state index contributed by atoms with van der Waals surface area (Å²) < 4.78 is 10.5. The Morgan fingerprint density at radius 2 is 1.83 bits per heavy atom. The highest BCUT2D eigenvalue weighted by Gasteiger charge is 2.31. The number of hydrogen-bond acceptors (Lipinski definition) is 4. The molecule has 30 heavy (non-hydrogen) atoms. The lowest BCUT2D eigenvalue weighted by Gasteiger charge is -2.34. The van der Waals surface area contributed by atoms with Crippen molar-refractivity contribution >= 4 is 24.0 Å². The summed E-state index contributed by atoms with van der Waals surface area (Å²) in [5.74, 6) is 0.105. The van der Waals surface area contributed by atoms with Crippen LogP contribution < -0.4 is 0 Å². The smallest absolute Gasteiger partial charge is 0.302 e. The third-order valence-corrected chi connectivity index (χ3v) is 6.27. The summed E-state index contributed by atoms with van der Waals surface area (Å²) >= 11 is 6.51. The van der Waals surface area contributed by atoms with Gasteiger partial charge in [0.1, 0.15) is 6.10 Å². The second-order valence-electron chi connectivity index (χ2n) is 8.12. The van der Waals surface area contributed by atoms with Crippen molar-refractivity contribution in [3.63, 3.8) is 0 Å². The Morgan fingerprint density at radius 1 is 1.10 bits per heavy atom. The molecule has 2 aromatic rings. The molecule has 0 heterocycles. The zero-order valence-electron chi connectivity index (χ0n) is 17.6. The average Bonchev–Trinajstić information content (AvgIpc) is 2.74. The van der Waals surface area contributed by atoms with Gasteiger partial charge in [-0.1, -0.05) is 54.9 Å². The van der Waals surface area contributed by atoms with Gasteiger partial charge in [-0.25, -0.2) is 0 Å². The molecule has 0 aliphatic heterocycles. The topological polar surface area (TPSA) is 52.6 Å². The summed E-state index contributed by atoms with van der Waals surface area (Å²) in [5.41, 5.74) is 4.82. The molecule has 5 heteroatoms. The maximum atomic E-state index is 11.2. The van der Waals surface area contributed by atoms with E-state index < -0.39 is 0 Å². The molecule has 1 fully saturated rings. The molecule has 1 aliphatic carbocycles. The summed E-state index contributed by atoms with van der Waals surface area (Å²) in [6.07, 6.45) is 4.00. The molecule has 3 rings (SSSR count). The maximum absolute atomic E-state index is 11.2. The Labute approximate surface area is 183 Å². The standard InChI is InChI=1S/C25H29ClO4/c1-3-18-4-6-19(7-5-18)10-23-13-21(8-9-25(23)26)22-11-20(15-29-17(2)28)12-24(14-22)30-16-27/h4-9,13,16,20,22,24H,3,10-12,14-15H2,1-2H3. The molecule has 0 spiro atoms. The van der Waals surface area contributed by atoms with E-state index in [2.05, 4.69) is 43.3 Å². The van der Waals surface area contributed by atoms with Crippen molar-refractivity contribution in [2.45, 2.75) is 58.0 Å². The first-order valence-corrected chi connectivity index (χ1v) is 10.9. The predicted molar refractivity (Wildman–Crippen MR) is 118 cm³/mol. The van der Waals surface area contributed by atoms with Crippen LogP contribution >= 0.6 is 11.6 Å². The third kappa shape index (κ3) is 6.09. The van der Waals surface area contributed by atoms with Gasteiger partial charge in [-0.15, -0.1) is 0 Å². The van der Waals surface area contributed by atoms with E-state index >= 15 is 0 Å². The highest BCUT2D eigenvalue weighted by molar-refractivity contribution is 6.31. The molecule has 0 N–H and O–H groups in total. The van der Waals surface area contributed by atoms with Crippen LogP contribution in [0.25, 0.3) is 0 Å². The number of benzene rings is 2. The van der Waals surface area contributed by atoms with E-state index in [1.54, 1.807) is 0 Å². The molecular formula is C25H29ClO4. The van der Waals surface area contributed by atoms with Gasteiger partial charge in [0.15, 0.2) is 0 Å². The number of carbonyl (C=O) groups is 2. The summed E-state index contributed by atoms with van der Waals surface area (Å²) in [6, 6.07) is 14.8. The van der Waals surface area contributed by atoms with Crippen molar-refractivity contribution < 1.29 is 19.1 Å². The Kier molecular flexibility index (Phi) is 7.92. The Bertz CT molecular complexity index is 862. The molecular weight excluding hydrogens is 400 g/mol. The minimum Gasteiger partial charge on any atom is -0.466 e. The Balaban J connectivity index is 1.77. The molecule has 1 saturated carbocycles. The van der Waals surface area contributed by atoms with Crippen molar-refractivity contribution in [2.75, 3.05) is 6.61 Å². The number of esters is 1. The SMILES string of the molecule is CCc1ccc(Cc2cc(C3CC(COC(C)=O)CC(OC=O)C3)ccc2Cl)cc1. The zero-order valence-corrected chi connectivity index (χ0v) is 18.4. The first-order chi connectivity index (χ1) is 14.5. The van der Waals surface area contributed by atoms with E-state index in [0.29, 0.717) is 19.5 Å². The van der Waals surface area contributed by atoms with Gasteiger partial charge in [-0.05, 0) is 72.3 Å². The summed E-state index contributed by atoms with van der Waals surface area (Å²) in [4.78, 5) is 22.1. The maximum Gasteiger partial charge on any atom is 0.302 e. The van der Waals surface area contributed by atoms with Crippen LogP contribution in [0.1, 0.15) is 61.3 Å². The Hall–Kier alpha value is -2.33. The largest absolute Gasteiger partial charge is 0.466 e. The second-order valence-corrected chi connectivity index (χ2v) is 8.53. The van der Waals surface area contributed by atoms with Crippen molar-refractivity contribution in [2.24, 2.45) is 5.92 Å². The number of halogens is 1. The monoisotopic (exact) mass is 428 g/mol. The van der Waals surface area contributed by atoms with E-state index in [1.807, 2.05) is 6.07 Å². The molecule has 0 radical (unpaired) electrons. The molecule has 1 aliphatic rings. The van der Waals surface area contributed by atoms with Gasteiger partial charge in [0, 0.05) is 11.9 Å². The summed E-state index contributed by atoms with van der Waals surface area (Å²) in [7, 11) is 0. The fourth-order valence-electron chi connectivity index (χ4n) is 4.31. The number of ether oxygens (including phenoxy) is 2. The first-order valence-electron chi connectivity index (χ1n) is 10.6. The molecule has 0 amide bonds. The highest BCUT2D eigenvalue weighted by Crippen LogP contribution is 2.39. The quantitative estimate of drug-likeness (QED) is 0.412. The van der Waals surface area contributed by atoms with E-state index in [-0.39, 0.29) is 23.9 Å². The van der Waals surface area contributed by atoms with Gasteiger partial charge in [0.05, 0.1) is 6.61 Å². The van der Waals surface area contributed by atoms with E-state index in [9.17, 15) is 9.59 Å². The van der Waals surface area contributed by atoms with Gasteiger partial charge in [0.25, 0.3) is 6.47 Å². The second kappa shape index (κ2) is 10.6. The molecule has 4 nitrogen and oxygen atoms in total. The van der Waals surface area contributed by atoms with Gasteiger partial charge in [0.2, 0.25) is 0 Å². The molecule has 160 valence electrons. The molecule has 0 aromatic heterocycles. The van der Waals surface area contributed by atoms with Gasteiger partial charge < -0.3 is 9.47 Å². The van der Waals surface area contributed by atoms with Crippen LogP contribution in [0.15, 0.2) is 42.5 Å². The molecule has 3 atom stereocenters. The normalized spacial score (nSPS) is 21.1. The summed E-state index contributed by atoms with van der Waals surface area (Å²) in [6.45, 7) is 4.44. The molecule has 0 bridgehead atoms. The first kappa shape index (κ1) is 22.4. The third-order valence-electron chi connectivity index (χ3n) is 5.90. The molecule has 3 unspecified atom stereocenters. The lowest BCUT2D eigenvalue weighted by molar-refractivity contribution is -0.145. The minimum atomic E-state index is -0.284. The zero-order chi connectivity index (χ0) is 21.5. The van der Waals surface area contributed by atoms with Crippen LogP contribution in [0.3, 0.4) is 0 Å². The van der Waals surface area contributed by atoms with Crippen LogP contribution in [0, 0.1) is 5.92 Å². The number of rotatable bonds is 8. The van der Waals surface area contributed by atoms with Gasteiger partial charge in [-0.2, -0.15) is 0 Å². The average molecular weight is 429 g/mol. The van der Waals surface area contributed by atoms with Gasteiger partial charge in [-0.3, -0.25) is 9.59 Å². The van der Waals surface area contributed by atoms with Crippen LogP contribution in [-0.4, -0.2) is 25.2 Å².